The number of aromatic nitrogens is 2. The molecule has 0 aliphatic carbocycles. The van der Waals surface area contributed by atoms with Crippen molar-refractivity contribution in [3.8, 4) is 5.75 Å². The molecule has 1 aromatic carbocycles. The molecule has 4 rings (SSSR count). The van der Waals surface area contributed by atoms with Crippen molar-refractivity contribution in [1.29, 1.82) is 0 Å². The summed E-state index contributed by atoms with van der Waals surface area (Å²) in [6.45, 7) is 6.61. The minimum Gasteiger partial charge on any atom is -0.496 e. The lowest BCUT2D eigenvalue weighted by Crippen LogP contribution is -2.36. The van der Waals surface area contributed by atoms with Crippen LogP contribution in [0, 0.1) is 12.3 Å². The number of hydrogen-bond donors (Lipinski definition) is 0. The van der Waals surface area contributed by atoms with Crippen molar-refractivity contribution in [1.82, 2.24) is 19.6 Å². The van der Waals surface area contributed by atoms with Crippen LogP contribution >= 0.6 is 0 Å². The second-order valence-corrected chi connectivity index (χ2v) is 7.69. The first-order valence-corrected chi connectivity index (χ1v) is 9.23. The number of carbonyl (C=O) groups excluding carboxylic acids is 1. The molecule has 0 bridgehead atoms. The van der Waals surface area contributed by atoms with Crippen molar-refractivity contribution >= 4 is 6.03 Å². The van der Waals surface area contributed by atoms with Gasteiger partial charge in [-0.3, -0.25) is 4.90 Å². The molecule has 1 atom stereocenters. The summed E-state index contributed by atoms with van der Waals surface area (Å²) in [6, 6.07) is 8.22. The van der Waals surface area contributed by atoms with E-state index in [9.17, 15) is 4.79 Å². The van der Waals surface area contributed by atoms with Crippen LogP contribution < -0.4 is 4.74 Å². The number of hydrogen-bond acceptors (Lipinski definition) is 4. The number of aryl methyl sites for hydroxylation is 1. The molecule has 2 saturated heterocycles. The van der Waals surface area contributed by atoms with Crippen molar-refractivity contribution in [3.05, 3.63) is 47.8 Å². The number of likely N-dealkylation sites (tertiary alicyclic amines) is 2. The van der Waals surface area contributed by atoms with Gasteiger partial charge in [-0.25, -0.2) is 4.79 Å². The lowest BCUT2D eigenvalue weighted by Gasteiger charge is -2.25. The Morgan fingerprint density at radius 1 is 1.23 bits per heavy atom. The second-order valence-electron chi connectivity index (χ2n) is 7.69. The van der Waals surface area contributed by atoms with Crippen LogP contribution in [0.4, 0.5) is 4.79 Å². The van der Waals surface area contributed by atoms with Crippen LogP contribution in [0.25, 0.3) is 0 Å². The first-order chi connectivity index (χ1) is 12.6. The van der Waals surface area contributed by atoms with Gasteiger partial charge in [0.05, 0.1) is 13.3 Å². The molecule has 2 fully saturated rings. The molecule has 138 valence electrons. The summed E-state index contributed by atoms with van der Waals surface area (Å²) in [5, 5.41) is 4.17. The first kappa shape index (κ1) is 17.1. The van der Waals surface area contributed by atoms with Gasteiger partial charge in [-0.15, -0.1) is 0 Å². The van der Waals surface area contributed by atoms with Crippen molar-refractivity contribution in [2.75, 3.05) is 33.3 Å². The quantitative estimate of drug-likeness (QED) is 0.850. The number of amides is 1. The maximum absolute atomic E-state index is 12.7. The summed E-state index contributed by atoms with van der Waals surface area (Å²) in [4.78, 5) is 17.1. The van der Waals surface area contributed by atoms with Gasteiger partial charge >= 0.3 is 6.03 Å². The number of methoxy groups -OCH3 is 1. The van der Waals surface area contributed by atoms with E-state index in [0.717, 1.165) is 56.9 Å². The molecule has 1 aromatic heterocycles. The van der Waals surface area contributed by atoms with E-state index in [0.29, 0.717) is 0 Å². The third-order valence-corrected chi connectivity index (χ3v) is 5.72. The third kappa shape index (κ3) is 3.21. The Morgan fingerprint density at radius 2 is 2.04 bits per heavy atom. The van der Waals surface area contributed by atoms with Crippen LogP contribution in [0.2, 0.25) is 0 Å². The van der Waals surface area contributed by atoms with Gasteiger partial charge < -0.3 is 9.64 Å². The highest BCUT2D eigenvalue weighted by Gasteiger charge is 2.45. The Kier molecular flexibility index (Phi) is 4.44. The molecule has 1 spiro atoms. The molecule has 2 aliphatic rings. The molecule has 6 heteroatoms. The van der Waals surface area contributed by atoms with Crippen molar-refractivity contribution in [2.24, 2.45) is 5.41 Å². The van der Waals surface area contributed by atoms with Gasteiger partial charge in [0.15, 0.2) is 0 Å². The van der Waals surface area contributed by atoms with E-state index in [1.54, 1.807) is 19.5 Å². The Bertz CT molecular complexity index is 803. The molecule has 26 heavy (non-hydrogen) atoms. The van der Waals surface area contributed by atoms with Crippen LogP contribution in [0.15, 0.2) is 36.7 Å². The topological polar surface area (TPSA) is 50.6 Å². The fraction of sp³-hybridized carbons (Fsp3) is 0.500. The van der Waals surface area contributed by atoms with Gasteiger partial charge in [-0.2, -0.15) is 9.78 Å². The Labute approximate surface area is 154 Å². The number of benzene rings is 1. The van der Waals surface area contributed by atoms with Crippen LogP contribution in [-0.2, 0) is 6.54 Å². The van der Waals surface area contributed by atoms with E-state index in [1.807, 2.05) is 24.0 Å². The van der Waals surface area contributed by atoms with Crippen molar-refractivity contribution in [3.63, 3.8) is 0 Å². The highest BCUT2D eigenvalue weighted by Crippen LogP contribution is 2.40. The van der Waals surface area contributed by atoms with E-state index < -0.39 is 0 Å². The highest BCUT2D eigenvalue weighted by atomic mass is 16.5. The molecule has 6 nitrogen and oxygen atoms in total. The summed E-state index contributed by atoms with van der Waals surface area (Å²) < 4.78 is 6.95. The van der Waals surface area contributed by atoms with Gasteiger partial charge in [-0.1, -0.05) is 18.2 Å². The normalized spacial score (nSPS) is 23.1. The fourth-order valence-corrected chi connectivity index (χ4v) is 4.33. The van der Waals surface area contributed by atoms with Gasteiger partial charge in [-0.05, 0) is 37.9 Å². The van der Waals surface area contributed by atoms with Crippen LogP contribution in [0.1, 0.15) is 24.0 Å². The van der Waals surface area contributed by atoms with Gasteiger partial charge in [0.25, 0.3) is 0 Å². The van der Waals surface area contributed by atoms with Crippen molar-refractivity contribution < 1.29 is 9.53 Å². The molecule has 1 unspecified atom stereocenters. The zero-order valence-electron chi connectivity index (χ0n) is 15.5. The SMILES string of the molecule is COc1ccccc1CN1CCC2(CCN(C(=O)n3cc(C)cn3)C2)C1. The fourth-order valence-electron chi connectivity index (χ4n) is 4.33. The minimum absolute atomic E-state index is 0.00171. The van der Waals surface area contributed by atoms with E-state index in [2.05, 4.69) is 22.1 Å². The highest BCUT2D eigenvalue weighted by molar-refractivity contribution is 5.76. The summed E-state index contributed by atoms with van der Waals surface area (Å²) in [7, 11) is 1.72. The van der Waals surface area contributed by atoms with Gasteiger partial charge in [0.2, 0.25) is 0 Å². The van der Waals surface area contributed by atoms with E-state index in [-0.39, 0.29) is 11.4 Å². The minimum atomic E-state index is -0.00171. The van der Waals surface area contributed by atoms with E-state index in [4.69, 9.17) is 4.74 Å². The summed E-state index contributed by atoms with van der Waals surface area (Å²) in [5.41, 5.74) is 2.46. The second kappa shape index (κ2) is 6.76. The van der Waals surface area contributed by atoms with E-state index in [1.165, 1.54) is 10.2 Å². The smallest absolute Gasteiger partial charge is 0.344 e. The molecule has 0 saturated carbocycles. The summed E-state index contributed by atoms with van der Waals surface area (Å²) in [5.74, 6) is 0.950. The zero-order valence-corrected chi connectivity index (χ0v) is 15.5. The van der Waals surface area contributed by atoms with Crippen LogP contribution in [0.3, 0.4) is 0 Å². The Balaban J connectivity index is 1.40. The summed E-state index contributed by atoms with van der Waals surface area (Å²) in [6.07, 6.45) is 5.75. The predicted molar refractivity (Wildman–Crippen MR) is 99.3 cm³/mol. The molecule has 3 heterocycles. The third-order valence-electron chi connectivity index (χ3n) is 5.72. The number of carbonyl (C=O) groups is 1. The van der Waals surface area contributed by atoms with Crippen LogP contribution in [0.5, 0.6) is 5.75 Å². The maximum atomic E-state index is 12.7. The number of ether oxygens (including phenoxy) is 1. The zero-order chi connectivity index (χ0) is 18.1. The standard InChI is InChI=1S/C20H26N4O2/c1-16-11-21-24(12-16)19(25)23-10-8-20(15-23)7-9-22(14-20)13-17-5-3-4-6-18(17)26-2/h3-6,11-12H,7-10,13-15H2,1-2H3. The average Bonchev–Trinajstić information content (AvgIpc) is 3.36. The summed E-state index contributed by atoms with van der Waals surface area (Å²) >= 11 is 0. The monoisotopic (exact) mass is 354 g/mol. The average molecular weight is 354 g/mol. The predicted octanol–water partition coefficient (Wildman–Crippen LogP) is 2.77. The van der Waals surface area contributed by atoms with Gasteiger partial charge in [0, 0.05) is 43.4 Å². The Hall–Kier alpha value is -2.34. The molecule has 0 N–H and O–H groups in total. The molecular formula is C20H26N4O2. The number of rotatable bonds is 3. The first-order valence-electron chi connectivity index (χ1n) is 9.23. The Morgan fingerprint density at radius 3 is 2.81 bits per heavy atom. The van der Waals surface area contributed by atoms with Gasteiger partial charge in [0.1, 0.15) is 5.75 Å². The molecular weight excluding hydrogens is 328 g/mol. The van der Waals surface area contributed by atoms with E-state index >= 15 is 0 Å². The van der Waals surface area contributed by atoms with Crippen molar-refractivity contribution in [2.45, 2.75) is 26.3 Å². The number of nitrogens with zero attached hydrogens (tertiary/aromatic N) is 4. The van der Waals surface area contributed by atoms with Crippen LogP contribution in [-0.4, -0.2) is 58.9 Å². The lowest BCUT2D eigenvalue weighted by atomic mass is 9.86. The molecule has 1 amide bonds. The molecule has 2 aliphatic heterocycles. The largest absolute Gasteiger partial charge is 0.496 e. The maximum Gasteiger partial charge on any atom is 0.344 e. The molecule has 2 aromatic rings. The lowest BCUT2D eigenvalue weighted by molar-refractivity contribution is 0.196. The number of para-hydroxylation sites is 1. The molecule has 0 radical (unpaired) electrons.